The highest BCUT2D eigenvalue weighted by Gasteiger charge is 2.31. The molecule has 2 aliphatic rings. The maximum atomic E-state index is 12.5. The van der Waals surface area contributed by atoms with Gasteiger partial charge in [0.25, 0.3) is 5.39 Å². The number of esters is 1. The number of likely N-dealkylation sites (N-methyl/N-ethyl adjacent to an activating group) is 1. The van der Waals surface area contributed by atoms with E-state index in [2.05, 4.69) is 20.5 Å². The van der Waals surface area contributed by atoms with E-state index < -0.39 is 17.0 Å². The van der Waals surface area contributed by atoms with Crippen LogP contribution in [0.15, 0.2) is 73.5 Å². The smallest absolute Gasteiger partial charge is 0.340 e. The molecule has 0 saturated carbocycles. The summed E-state index contributed by atoms with van der Waals surface area (Å²) in [6.45, 7) is 0.589. The summed E-state index contributed by atoms with van der Waals surface area (Å²) >= 11 is -2.67. The van der Waals surface area contributed by atoms with Crippen molar-refractivity contribution < 1.29 is 18.3 Å². The van der Waals surface area contributed by atoms with E-state index in [1.807, 2.05) is 19.0 Å². The minimum atomic E-state index is -2.67. The Morgan fingerprint density at radius 3 is 2.55 bits per heavy atom. The first-order chi connectivity index (χ1) is 13.9. The van der Waals surface area contributed by atoms with Gasteiger partial charge in [0.1, 0.15) is 6.61 Å². The lowest BCUT2D eigenvalue weighted by molar-refractivity contribution is -0.138. The molecule has 1 unspecified atom stereocenters. The monoisotopic (exact) mass is 414 g/mol. The molecule has 12 heteroatoms. The number of nitrogens with zero attached hydrogens (tertiary/aromatic N) is 7. The Kier molecular flexibility index (Phi) is 7.72. The maximum Gasteiger partial charge on any atom is 0.340 e. The summed E-state index contributed by atoms with van der Waals surface area (Å²) in [4.78, 5) is 14.2. The van der Waals surface area contributed by atoms with E-state index in [9.17, 15) is 13.6 Å². The van der Waals surface area contributed by atoms with Crippen molar-refractivity contribution in [2.24, 2.45) is 15.4 Å². The third kappa shape index (κ3) is 5.55. The number of ether oxygens (including phenoxy) is 1. The Labute approximate surface area is 168 Å². The van der Waals surface area contributed by atoms with Gasteiger partial charge in [-0.1, -0.05) is 24.3 Å². The first-order valence-electron chi connectivity index (χ1n) is 8.17. The van der Waals surface area contributed by atoms with Crippen LogP contribution in [0.2, 0.25) is 0 Å². The molecule has 0 fully saturated rings. The van der Waals surface area contributed by atoms with Gasteiger partial charge in [-0.2, -0.15) is 0 Å². The zero-order valence-corrected chi connectivity index (χ0v) is 16.4. The molecule has 0 amide bonds. The fourth-order valence-electron chi connectivity index (χ4n) is 2.45. The lowest BCUT2D eigenvalue weighted by atomic mass is 9.91. The highest BCUT2D eigenvalue weighted by atomic mass is 32.2. The zero-order chi connectivity index (χ0) is 21.4. The van der Waals surface area contributed by atoms with E-state index in [-0.39, 0.29) is 28.4 Å². The number of carbonyl (C=O) groups excluding carboxylic acids is 1. The first-order valence-corrected chi connectivity index (χ1v) is 9.25. The number of hydrogen-bond acceptors (Lipinski definition) is 8. The highest BCUT2D eigenvalue weighted by Crippen LogP contribution is 2.30. The van der Waals surface area contributed by atoms with Crippen LogP contribution in [0.4, 0.5) is 0 Å². The summed E-state index contributed by atoms with van der Waals surface area (Å²) in [5.74, 6) is -0.746. The summed E-state index contributed by atoms with van der Waals surface area (Å²) in [5, 5.41) is 21.4. The van der Waals surface area contributed by atoms with E-state index in [0.717, 1.165) is 0 Å². The lowest BCUT2D eigenvalue weighted by Gasteiger charge is -2.21. The van der Waals surface area contributed by atoms with Gasteiger partial charge in [-0.05, 0) is 48.6 Å². The molecule has 0 spiro atoms. The van der Waals surface area contributed by atoms with Crippen molar-refractivity contribution in [2.45, 2.75) is 0 Å². The molecule has 0 radical (unpaired) electrons. The molecule has 0 aromatic carbocycles. The largest absolute Gasteiger partial charge is 0.768 e. The van der Waals surface area contributed by atoms with E-state index in [0.29, 0.717) is 17.8 Å². The molecule has 11 nitrogen and oxygen atoms in total. The second-order valence-corrected chi connectivity index (χ2v) is 6.84. The van der Waals surface area contributed by atoms with Crippen LogP contribution in [0.3, 0.4) is 0 Å². The Morgan fingerprint density at radius 2 is 2.00 bits per heavy atom. The average Bonchev–Trinajstić information content (AvgIpc) is 2.68. The summed E-state index contributed by atoms with van der Waals surface area (Å²) in [6, 6.07) is 0. The van der Waals surface area contributed by atoms with Gasteiger partial charge in [0, 0.05) is 17.0 Å². The Balaban J connectivity index is 2.52. The second kappa shape index (κ2) is 10.2. The van der Waals surface area contributed by atoms with Gasteiger partial charge in [0.15, 0.2) is 10.8 Å². The van der Waals surface area contributed by atoms with Crippen LogP contribution in [0, 0.1) is 5.39 Å². The van der Waals surface area contributed by atoms with Crippen molar-refractivity contribution >= 4 is 28.5 Å². The molecule has 29 heavy (non-hydrogen) atoms. The third-order valence-corrected chi connectivity index (χ3v) is 4.47. The van der Waals surface area contributed by atoms with Gasteiger partial charge < -0.3 is 24.8 Å². The van der Waals surface area contributed by atoms with E-state index in [4.69, 9.17) is 15.7 Å². The molecular weight excluding hydrogens is 398 g/mol. The number of hydrogen-bond donors (Lipinski definition) is 0. The molecule has 0 bridgehead atoms. The number of carbonyl (C=O) groups is 1. The van der Waals surface area contributed by atoms with Crippen LogP contribution >= 0.6 is 0 Å². The minimum absolute atomic E-state index is 0.0469. The number of allylic oxidation sites excluding steroid dienone is 8. The maximum absolute atomic E-state index is 12.5. The minimum Gasteiger partial charge on any atom is -0.768 e. The van der Waals surface area contributed by atoms with E-state index in [1.165, 1.54) is 36.5 Å². The average molecular weight is 414 g/mol. The molecule has 2 aliphatic carbocycles. The molecule has 1 atom stereocenters. The van der Waals surface area contributed by atoms with Crippen LogP contribution in [-0.2, 0) is 20.6 Å². The van der Waals surface area contributed by atoms with Crippen molar-refractivity contribution in [3.8, 4) is 0 Å². The fraction of sp³-hybridized carbons (Fsp3) is 0.235. The normalized spacial score (nSPS) is 18.3. The number of rotatable bonds is 6. The SMILES string of the molecule is CN(C)CCOC(=O)C1=CC=C(S(=O)[O-])C(=C2C=CC(=NN=[N-])C=C2)C1=N[N+]#N. The van der Waals surface area contributed by atoms with Crippen LogP contribution in [0.25, 0.3) is 10.6 Å². The van der Waals surface area contributed by atoms with Crippen LogP contribution in [-0.4, -0.2) is 58.3 Å². The Bertz CT molecular complexity index is 976. The molecule has 0 aromatic rings. The zero-order valence-electron chi connectivity index (χ0n) is 15.6. The van der Waals surface area contributed by atoms with Crippen molar-refractivity contribution in [1.29, 1.82) is 5.39 Å². The molecule has 0 aromatic heterocycles. The standard InChI is InChI=1S/C17H17N7O4S/c1-24(2)9-10-28-17(25)13-7-8-14(29(26)27)15(16(13)21-23-19)11-3-5-12(6-4-11)20-22-18/h3-8H,9-10H2,1-2H3,(H,26,27)/p-1. The van der Waals surface area contributed by atoms with Crippen molar-refractivity contribution in [3.05, 3.63) is 68.7 Å². The molecule has 150 valence electrons. The molecule has 0 aliphatic heterocycles. The highest BCUT2D eigenvalue weighted by molar-refractivity contribution is 7.83. The van der Waals surface area contributed by atoms with Gasteiger partial charge in [-0.15, -0.1) is 0 Å². The van der Waals surface area contributed by atoms with Crippen LogP contribution in [0.1, 0.15) is 0 Å². The molecule has 2 rings (SSSR count). The van der Waals surface area contributed by atoms with Crippen molar-refractivity contribution in [3.63, 3.8) is 0 Å². The topological polar surface area (TPSA) is 157 Å². The van der Waals surface area contributed by atoms with Gasteiger partial charge in [0.2, 0.25) is 0 Å². The summed E-state index contributed by atoms with van der Waals surface area (Å²) in [7, 11) is 3.63. The molecule has 0 saturated heterocycles. The Hall–Kier alpha value is -3.40. The second-order valence-electron chi connectivity index (χ2n) is 5.93. The number of diazo groups is 1. The van der Waals surface area contributed by atoms with Gasteiger partial charge in [-0.25, -0.2) is 4.79 Å². The predicted molar refractivity (Wildman–Crippen MR) is 106 cm³/mol. The first kappa shape index (κ1) is 21.9. The molecular formula is C17H16N7O4S-. The van der Waals surface area contributed by atoms with Crippen LogP contribution < -0.4 is 0 Å². The predicted octanol–water partition coefficient (Wildman–Crippen LogP) is 1.80. The van der Waals surface area contributed by atoms with Crippen molar-refractivity contribution in [2.75, 3.05) is 27.2 Å². The summed E-state index contributed by atoms with van der Waals surface area (Å²) in [5.41, 5.74) is 8.99. The quantitative estimate of drug-likeness (QED) is 0.212. The fourth-order valence-corrected chi connectivity index (χ4v) is 3.01. The van der Waals surface area contributed by atoms with Gasteiger partial charge in [0.05, 0.1) is 5.57 Å². The van der Waals surface area contributed by atoms with E-state index in [1.54, 1.807) is 0 Å². The summed E-state index contributed by atoms with van der Waals surface area (Å²) in [6.07, 6.45) is 8.40. The lowest BCUT2D eigenvalue weighted by Crippen LogP contribution is -2.26. The molecule has 0 N–H and O–H groups in total. The third-order valence-electron chi connectivity index (χ3n) is 3.77. The molecule has 0 heterocycles. The van der Waals surface area contributed by atoms with Gasteiger partial charge in [-0.3, -0.25) is 9.43 Å². The summed E-state index contributed by atoms with van der Waals surface area (Å²) < 4.78 is 28.6. The van der Waals surface area contributed by atoms with Gasteiger partial charge >= 0.3 is 11.1 Å². The van der Waals surface area contributed by atoms with E-state index >= 15 is 0 Å². The van der Waals surface area contributed by atoms with Crippen molar-refractivity contribution in [1.82, 2.24) is 4.90 Å². The Morgan fingerprint density at radius 1 is 1.31 bits per heavy atom. The van der Waals surface area contributed by atoms with Crippen LogP contribution in [0.5, 0.6) is 0 Å².